The zero-order valence-corrected chi connectivity index (χ0v) is 15.2. The summed E-state index contributed by atoms with van der Waals surface area (Å²) in [5.41, 5.74) is 0.273. The number of amides is 3. The maximum atomic E-state index is 12.6. The fourth-order valence-electron chi connectivity index (χ4n) is 3.06. The smallest absolute Gasteiger partial charge is 0.416 e. The number of furan rings is 1. The van der Waals surface area contributed by atoms with E-state index in [0.717, 1.165) is 17.7 Å². The first-order valence-electron chi connectivity index (χ1n) is 8.82. The Bertz CT molecular complexity index is 838. The van der Waals surface area contributed by atoms with E-state index in [1.165, 1.54) is 18.4 Å². The summed E-state index contributed by atoms with van der Waals surface area (Å²) in [6, 6.07) is 5.34. The van der Waals surface area contributed by atoms with Crippen LogP contribution in [0.1, 0.15) is 34.5 Å². The minimum absolute atomic E-state index is 0.129. The third kappa shape index (κ3) is 4.65. The molecule has 0 saturated carbocycles. The van der Waals surface area contributed by atoms with Crippen LogP contribution in [0.5, 0.6) is 0 Å². The third-order valence-electron chi connectivity index (χ3n) is 4.64. The molecular weight excluding hydrogens is 375 g/mol. The zero-order valence-electron chi connectivity index (χ0n) is 15.2. The number of hydrogen-bond acceptors (Lipinski definition) is 3. The average Bonchev–Trinajstić information content (AvgIpc) is 3.07. The quantitative estimate of drug-likeness (QED) is 0.824. The number of benzene rings is 1. The number of halogens is 3. The topological polar surface area (TPSA) is 74.6 Å². The van der Waals surface area contributed by atoms with Crippen molar-refractivity contribution in [1.82, 2.24) is 10.2 Å². The molecule has 0 unspecified atom stereocenters. The Morgan fingerprint density at radius 1 is 1.11 bits per heavy atom. The van der Waals surface area contributed by atoms with Gasteiger partial charge in [0.05, 0.1) is 11.8 Å². The molecule has 0 atom stereocenters. The number of urea groups is 1. The number of carbonyl (C=O) groups is 2. The van der Waals surface area contributed by atoms with Gasteiger partial charge in [-0.25, -0.2) is 4.79 Å². The molecule has 1 aliphatic rings. The van der Waals surface area contributed by atoms with E-state index in [4.69, 9.17) is 4.42 Å². The standard InChI is InChI=1S/C19H20F3N3O3/c1-12-8-11-28-16(12)17(26)25-9-6-15(7-10-25)24-18(27)23-14-4-2-13(3-5-14)19(20,21)22/h2-5,8,11,15H,6-7,9-10H2,1H3,(H2,23,24,27). The van der Waals surface area contributed by atoms with Gasteiger partial charge in [-0.15, -0.1) is 0 Å². The summed E-state index contributed by atoms with van der Waals surface area (Å²) in [5, 5.41) is 5.30. The summed E-state index contributed by atoms with van der Waals surface area (Å²) < 4.78 is 42.9. The second kappa shape index (κ2) is 7.95. The highest BCUT2D eigenvalue weighted by atomic mass is 19.4. The maximum absolute atomic E-state index is 12.6. The van der Waals surface area contributed by atoms with Gasteiger partial charge in [0.1, 0.15) is 0 Å². The van der Waals surface area contributed by atoms with Crippen molar-refractivity contribution in [3.05, 3.63) is 53.5 Å². The van der Waals surface area contributed by atoms with Crippen molar-refractivity contribution in [3.63, 3.8) is 0 Å². The van der Waals surface area contributed by atoms with Crippen molar-refractivity contribution < 1.29 is 27.2 Å². The number of likely N-dealkylation sites (tertiary alicyclic amines) is 1. The first kappa shape index (κ1) is 19.8. The van der Waals surface area contributed by atoms with Crippen LogP contribution in [0.15, 0.2) is 41.0 Å². The van der Waals surface area contributed by atoms with Crippen LogP contribution in [0.4, 0.5) is 23.7 Å². The Morgan fingerprint density at radius 3 is 2.29 bits per heavy atom. The summed E-state index contributed by atoms with van der Waals surface area (Å²) in [5.74, 6) is 0.154. The number of hydrogen-bond donors (Lipinski definition) is 2. The Kier molecular flexibility index (Phi) is 5.62. The lowest BCUT2D eigenvalue weighted by atomic mass is 10.0. The summed E-state index contributed by atoms with van der Waals surface area (Å²) in [6.07, 6.45) is -1.79. The Hall–Kier alpha value is -2.97. The number of anilines is 1. The molecule has 1 aromatic heterocycles. The van der Waals surface area contributed by atoms with E-state index < -0.39 is 17.8 Å². The molecule has 0 spiro atoms. The zero-order chi connectivity index (χ0) is 20.3. The Morgan fingerprint density at radius 2 is 1.75 bits per heavy atom. The predicted octanol–water partition coefficient (Wildman–Crippen LogP) is 4.03. The highest BCUT2D eigenvalue weighted by molar-refractivity contribution is 5.93. The van der Waals surface area contributed by atoms with Crippen molar-refractivity contribution in [1.29, 1.82) is 0 Å². The van der Waals surface area contributed by atoms with Gasteiger partial charge in [-0.2, -0.15) is 13.2 Å². The van der Waals surface area contributed by atoms with E-state index in [1.807, 2.05) is 0 Å². The molecule has 1 saturated heterocycles. The number of aryl methyl sites for hydroxylation is 1. The second-order valence-electron chi connectivity index (χ2n) is 6.67. The van der Waals surface area contributed by atoms with Gasteiger partial charge in [0, 0.05) is 30.4 Å². The van der Waals surface area contributed by atoms with Gasteiger partial charge in [-0.3, -0.25) is 4.79 Å². The summed E-state index contributed by atoms with van der Waals surface area (Å²) in [6.45, 7) is 2.75. The van der Waals surface area contributed by atoms with Crippen molar-refractivity contribution in [3.8, 4) is 0 Å². The first-order chi connectivity index (χ1) is 13.2. The van der Waals surface area contributed by atoms with Crippen LogP contribution < -0.4 is 10.6 Å². The van der Waals surface area contributed by atoms with Gasteiger partial charge >= 0.3 is 12.2 Å². The molecule has 0 aliphatic carbocycles. The lowest BCUT2D eigenvalue weighted by Crippen LogP contribution is -2.47. The molecule has 1 aromatic carbocycles. The van der Waals surface area contributed by atoms with Gasteiger partial charge in [0.15, 0.2) is 5.76 Å². The molecule has 6 nitrogen and oxygen atoms in total. The molecule has 1 fully saturated rings. The highest BCUT2D eigenvalue weighted by Gasteiger charge is 2.30. The van der Waals surface area contributed by atoms with E-state index >= 15 is 0 Å². The van der Waals surface area contributed by atoms with Gasteiger partial charge in [0.2, 0.25) is 0 Å². The Balaban J connectivity index is 1.47. The third-order valence-corrected chi connectivity index (χ3v) is 4.64. The van der Waals surface area contributed by atoms with Gasteiger partial charge in [0.25, 0.3) is 5.91 Å². The molecule has 2 N–H and O–H groups in total. The Labute approximate surface area is 159 Å². The van der Waals surface area contributed by atoms with E-state index in [9.17, 15) is 22.8 Å². The highest BCUT2D eigenvalue weighted by Crippen LogP contribution is 2.29. The summed E-state index contributed by atoms with van der Waals surface area (Å²) in [7, 11) is 0. The van der Waals surface area contributed by atoms with Crippen molar-refractivity contribution in [2.24, 2.45) is 0 Å². The number of rotatable bonds is 3. The maximum Gasteiger partial charge on any atom is 0.416 e. The molecular formula is C19H20F3N3O3. The molecule has 2 aromatic rings. The fraction of sp³-hybridized carbons (Fsp3) is 0.368. The molecule has 3 rings (SSSR count). The molecule has 2 heterocycles. The number of carbonyl (C=O) groups excluding carboxylic acids is 2. The number of piperidine rings is 1. The average molecular weight is 395 g/mol. The van der Waals surface area contributed by atoms with E-state index in [0.29, 0.717) is 31.7 Å². The van der Waals surface area contributed by atoms with Crippen LogP contribution >= 0.6 is 0 Å². The molecule has 28 heavy (non-hydrogen) atoms. The minimum Gasteiger partial charge on any atom is -0.459 e. The van der Waals surface area contributed by atoms with Gasteiger partial charge < -0.3 is 20.0 Å². The molecule has 0 radical (unpaired) electrons. The fourth-order valence-corrected chi connectivity index (χ4v) is 3.06. The SMILES string of the molecule is Cc1ccoc1C(=O)N1CCC(NC(=O)Nc2ccc(C(F)(F)F)cc2)CC1. The van der Waals surface area contributed by atoms with Gasteiger partial charge in [-0.05, 0) is 50.1 Å². The van der Waals surface area contributed by atoms with Crippen LogP contribution in [-0.4, -0.2) is 36.0 Å². The van der Waals surface area contributed by atoms with Crippen LogP contribution in [-0.2, 0) is 6.18 Å². The van der Waals surface area contributed by atoms with Gasteiger partial charge in [-0.1, -0.05) is 0 Å². The van der Waals surface area contributed by atoms with Crippen LogP contribution in [0.3, 0.4) is 0 Å². The largest absolute Gasteiger partial charge is 0.459 e. The van der Waals surface area contributed by atoms with Crippen molar-refractivity contribution in [2.75, 3.05) is 18.4 Å². The number of nitrogens with one attached hydrogen (secondary N) is 2. The number of nitrogens with zero attached hydrogens (tertiary/aromatic N) is 1. The minimum atomic E-state index is -4.42. The predicted molar refractivity (Wildman–Crippen MR) is 96.0 cm³/mol. The monoisotopic (exact) mass is 395 g/mol. The van der Waals surface area contributed by atoms with Crippen molar-refractivity contribution >= 4 is 17.6 Å². The van der Waals surface area contributed by atoms with E-state index in [2.05, 4.69) is 10.6 Å². The molecule has 150 valence electrons. The molecule has 9 heteroatoms. The van der Waals surface area contributed by atoms with Crippen molar-refractivity contribution in [2.45, 2.75) is 32.0 Å². The van der Waals surface area contributed by atoms with E-state index in [-0.39, 0.29) is 17.6 Å². The lowest BCUT2D eigenvalue weighted by molar-refractivity contribution is -0.137. The lowest BCUT2D eigenvalue weighted by Gasteiger charge is -2.32. The van der Waals surface area contributed by atoms with Crippen LogP contribution in [0.25, 0.3) is 0 Å². The summed E-state index contributed by atoms with van der Waals surface area (Å²) in [4.78, 5) is 26.1. The van der Waals surface area contributed by atoms with E-state index in [1.54, 1.807) is 17.9 Å². The number of alkyl halides is 3. The summed E-state index contributed by atoms with van der Waals surface area (Å²) >= 11 is 0. The molecule has 3 amide bonds. The van der Waals surface area contributed by atoms with Crippen LogP contribution in [0.2, 0.25) is 0 Å². The second-order valence-corrected chi connectivity index (χ2v) is 6.67. The molecule has 1 aliphatic heterocycles. The first-order valence-corrected chi connectivity index (χ1v) is 8.82. The normalized spacial score (nSPS) is 15.4. The molecule has 0 bridgehead atoms. The van der Waals surface area contributed by atoms with Crippen LogP contribution in [0, 0.1) is 6.92 Å².